The average molecular weight is 651 g/mol. The molecule has 0 aliphatic heterocycles. The lowest BCUT2D eigenvalue weighted by molar-refractivity contribution is 0.563. The van der Waals surface area contributed by atoms with Crippen molar-refractivity contribution in [1.82, 2.24) is 4.57 Å². The minimum atomic E-state index is -0.0790. The van der Waals surface area contributed by atoms with Crippen molar-refractivity contribution in [2.24, 2.45) is 0 Å². The summed E-state index contributed by atoms with van der Waals surface area (Å²) in [5, 5.41) is 4.99. The number of fused-ring (bicyclic) bond motifs is 10. The minimum Gasteiger partial charge on any atom is -0.310 e. The molecule has 2 nitrogen and oxygen atoms in total. The Morgan fingerprint density at radius 3 is 1.88 bits per heavy atom. The number of nitrogens with zero attached hydrogens (tertiary/aromatic N) is 2. The molecule has 0 radical (unpaired) electrons. The lowest BCUT2D eigenvalue weighted by atomic mass is 9.75. The Labute approximate surface area is 297 Å². The van der Waals surface area contributed by atoms with Gasteiger partial charge in [-0.3, -0.25) is 0 Å². The highest BCUT2D eigenvalue weighted by Crippen LogP contribution is 2.56. The van der Waals surface area contributed by atoms with Crippen LogP contribution in [-0.2, 0) is 18.3 Å². The molecule has 2 aliphatic rings. The molecule has 51 heavy (non-hydrogen) atoms. The highest BCUT2D eigenvalue weighted by molar-refractivity contribution is 6.10. The highest BCUT2D eigenvalue weighted by Gasteiger charge is 2.47. The summed E-state index contributed by atoms with van der Waals surface area (Å²) in [7, 11) is 0. The van der Waals surface area contributed by atoms with Crippen LogP contribution in [0.1, 0.15) is 22.3 Å². The lowest BCUT2D eigenvalue weighted by Gasteiger charge is -2.30. The van der Waals surface area contributed by atoms with E-state index in [4.69, 9.17) is 0 Å². The largest absolute Gasteiger partial charge is 0.310 e. The van der Waals surface area contributed by atoms with E-state index >= 15 is 0 Å². The second kappa shape index (κ2) is 10.8. The van der Waals surface area contributed by atoms with Crippen LogP contribution in [0.3, 0.4) is 0 Å². The molecule has 0 amide bonds. The minimum absolute atomic E-state index is 0.0790. The zero-order valence-corrected chi connectivity index (χ0v) is 28.1. The van der Waals surface area contributed by atoms with Gasteiger partial charge in [0.05, 0.1) is 11.0 Å². The number of para-hydroxylation sites is 2. The zero-order chi connectivity index (χ0) is 33.5. The molecule has 0 saturated heterocycles. The van der Waals surface area contributed by atoms with Gasteiger partial charge in [-0.15, -0.1) is 0 Å². The van der Waals surface area contributed by atoms with Gasteiger partial charge in [-0.25, -0.2) is 0 Å². The van der Waals surface area contributed by atoms with E-state index < -0.39 is 0 Å². The van der Waals surface area contributed by atoms with Crippen molar-refractivity contribution in [2.45, 2.75) is 18.3 Å². The number of rotatable bonds is 4. The first-order chi connectivity index (χ1) is 25.2. The maximum atomic E-state index is 2.51. The molecule has 0 bridgehead atoms. The molecule has 1 spiro atoms. The molecule has 0 fully saturated rings. The monoisotopic (exact) mass is 650 g/mol. The molecule has 240 valence electrons. The molecule has 8 aromatic carbocycles. The summed E-state index contributed by atoms with van der Waals surface area (Å²) in [5.41, 5.74) is 15.5. The Balaban J connectivity index is 1.16. The predicted molar refractivity (Wildman–Crippen MR) is 213 cm³/mol. The van der Waals surface area contributed by atoms with Crippen molar-refractivity contribution in [1.29, 1.82) is 0 Å². The standard InChI is InChI=1S/C49H34N2/c1-2-16-37(17-3-1)51-47-21-11-9-19-43(47)44-27-25-40(30-48(44)51)50(38-23-22-33-12-4-5-13-34(33)28-38)39-24-26-42-41-18-8-10-20-45(41)49(46(42)29-39)31-35-14-6-7-15-36(35)32-49/h1-30H,31-32H2. The van der Waals surface area contributed by atoms with E-state index in [1.165, 1.54) is 71.6 Å². The Kier molecular flexibility index (Phi) is 6.03. The van der Waals surface area contributed by atoms with Gasteiger partial charge >= 0.3 is 0 Å². The second-order valence-corrected chi connectivity index (χ2v) is 14.2. The second-order valence-electron chi connectivity index (χ2n) is 14.2. The van der Waals surface area contributed by atoms with Gasteiger partial charge in [-0.1, -0.05) is 127 Å². The van der Waals surface area contributed by atoms with Crippen LogP contribution >= 0.6 is 0 Å². The first-order valence-corrected chi connectivity index (χ1v) is 17.9. The van der Waals surface area contributed by atoms with E-state index in [2.05, 4.69) is 191 Å². The van der Waals surface area contributed by atoms with Gasteiger partial charge in [0.2, 0.25) is 0 Å². The maximum Gasteiger partial charge on any atom is 0.0561 e. The summed E-state index contributed by atoms with van der Waals surface area (Å²) in [6.45, 7) is 0. The molecule has 2 heteroatoms. The van der Waals surface area contributed by atoms with Crippen molar-refractivity contribution in [2.75, 3.05) is 4.90 Å². The van der Waals surface area contributed by atoms with Crippen molar-refractivity contribution >= 4 is 49.6 Å². The molecule has 2 aliphatic carbocycles. The topological polar surface area (TPSA) is 8.17 Å². The molecule has 11 rings (SSSR count). The predicted octanol–water partition coefficient (Wildman–Crippen LogP) is 12.5. The summed E-state index contributed by atoms with van der Waals surface area (Å²) in [5.74, 6) is 0. The van der Waals surface area contributed by atoms with Crippen LogP contribution in [0.2, 0.25) is 0 Å². The Bertz CT molecular complexity index is 2800. The van der Waals surface area contributed by atoms with E-state index in [1.54, 1.807) is 0 Å². The number of hydrogen-bond acceptors (Lipinski definition) is 1. The Morgan fingerprint density at radius 1 is 0.412 bits per heavy atom. The molecule has 0 saturated carbocycles. The summed E-state index contributed by atoms with van der Waals surface area (Å²) in [6, 6.07) is 67.5. The summed E-state index contributed by atoms with van der Waals surface area (Å²) in [4.78, 5) is 2.47. The van der Waals surface area contributed by atoms with Crippen LogP contribution in [0, 0.1) is 0 Å². The number of hydrogen-bond donors (Lipinski definition) is 0. The van der Waals surface area contributed by atoms with Crippen LogP contribution in [0.15, 0.2) is 182 Å². The SMILES string of the molecule is c1ccc(-n2c3ccccc3c3ccc(N(c4ccc5c(c4)C4(Cc6ccccc6C4)c4ccccc4-5)c4ccc5ccccc5c4)cc32)cc1. The quantitative estimate of drug-likeness (QED) is 0.184. The first kappa shape index (κ1) is 28.5. The van der Waals surface area contributed by atoms with Crippen LogP contribution in [0.5, 0.6) is 0 Å². The summed E-state index contributed by atoms with van der Waals surface area (Å²) >= 11 is 0. The fourth-order valence-electron chi connectivity index (χ4n) is 9.29. The Hall–Kier alpha value is -6.38. The van der Waals surface area contributed by atoms with Crippen LogP contribution in [-0.4, -0.2) is 4.57 Å². The fourth-order valence-corrected chi connectivity index (χ4v) is 9.29. The summed E-state index contributed by atoms with van der Waals surface area (Å²) in [6.07, 6.45) is 2.05. The van der Waals surface area contributed by atoms with Crippen LogP contribution in [0.25, 0.3) is 49.4 Å². The molecule has 1 aromatic heterocycles. The smallest absolute Gasteiger partial charge is 0.0561 e. The molecule has 0 N–H and O–H groups in total. The van der Waals surface area contributed by atoms with Gasteiger partial charge in [0, 0.05) is 38.9 Å². The summed E-state index contributed by atoms with van der Waals surface area (Å²) < 4.78 is 2.41. The third-order valence-electron chi connectivity index (χ3n) is 11.5. The molecule has 0 atom stereocenters. The molecule has 0 unspecified atom stereocenters. The maximum absolute atomic E-state index is 2.51. The number of anilines is 3. The van der Waals surface area contributed by atoms with E-state index in [9.17, 15) is 0 Å². The highest BCUT2D eigenvalue weighted by atomic mass is 15.1. The van der Waals surface area contributed by atoms with Gasteiger partial charge in [-0.05, 0) is 112 Å². The third kappa shape index (κ3) is 4.17. The number of aromatic nitrogens is 1. The van der Waals surface area contributed by atoms with Gasteiger partial charge in [0.25, 0.3) is 0 Å². The van der Waals surface area contributed by atoms with Crippen molar-refractivity contribution in [3.05, 3.63) is 204 Å². The molecular weight excluding hydrogens is 617 g/mol. The van der Waals surface area contributed by atoms with Gasteiger partial charge in [-0.2, -0.15) is 0 Å². The van der Waals surface area contributed by atoms with E-state index in [0.29, 0.717) is 0 Å². The van der Waals surface area contributed by atoms with E-state index in [0.717, 1.165) is 29.9 Å². The van der Waals surface area contributed by atoms with Gasteiger partial charge < -0.3 is 9.47 Å². The fraction of sp³-hybridized carbons (Fsp3) is 0.0612. The van der Waals surface area contributed by atoms with Crippen molar-refractivity contribution in [3.8, 4) is 16.8 Å². The Morgan fingerprint density at radius 2 is 1.02 bits per heavy atom. The molecule has 9 aromatic rings. The van der Waals surface area contributed by atoms with Crippen molar-refractivity contribution < 1.29 is 0 Å². The third-order valence-corrected chi connectivity index (χ3v) is 11.5. The van der Waals surface area contributed by atoms with E-state index in [-0.39, 0.29) is 5.41 Å². The molecule has 1 heterocycles. The lowest BCUT2D eigenvalue weighted by Crippen LogP contribution is -2.26. The molecular formula is C49H34N2. The van der Waals surface area contributed by atoms with Crippen LogP contribution < -0.4 is 4.90 Å². The van der Waals surface area contributed by atoms with Gasteiger partial charge in [0.15, 0.2) is 0 Å². The zero-order valence-electron chi connectivity index (χ0n) is 28.1. The first-order valence-electron chi connectivity index (χ1n) is 17.9. The average Bonchev–Trinajstić information content (AvgIpc) is 3.83. The van der Waals surface area contributed by atoms with E-state index in [1.807, 2.05) is 0 Å². The normalized spacial score (nSPS) is 13.9. The van der Waals surface area contributed by atoms with Crippen molar-refractivity contribution in [3.63, 3.8) is 0 Å². The van der Waals surface area contributed by atoms with Gasteiger partial charge in [0.1, 0.15) is 0 Å². The van der Waals surface area contributed by atoms with Crippen LogP contribution in [0.4, 0.5) is 17.1 Å². The number of benzene rings is 8.